The molecule has 0 saturated carbocycles. The van der Waals surface area contributed by atoms with E-state index >= 15 is 0 Å². The summed E-state index contributed by atoms with van der Waals surface area (Å²) in [6.07, 6.45) is 0.551. The normalized spacial score (nSPS) is 14.5. The number of anilines is 1. The Bertz CT molecular complexity index is 1110. The molecule has 2 aromatic carbocycles. The number of ether oxygens (including phenoxy) is 1. The number of rotatable bonds is 7. The van der Waals surface area contributed by atoms with Crippen molar-refractivity contribution in [3.05, 3.63) is 65.7 Å². The lowest BCUT2D eigenvalue weighted by atomic mass is 10.1. The van der Waals surface area contributed by atoms with E-state index < -0.39 is 29.7 Å². The molecule has 1 atom stereocenters. The summed E-state index contributed by atoms with van der Waals surface area (Å²) >= 11 is 0. The minimum Gasteiger partial charge on any atom is -0.444 e. The number of hydrogen-bond acceptors (Lipinski definition) is 5. The lowest BCUT2D eigenvalue weighted by Gasteiger charge is -2.35. The number of piperazine rings is 1. The quantitative estimate of drug-likeness (QED) is 0.528. The van der Waals surface area contributed by atoms with E-state index in [1.807, 2.05) is 51.1 Å². The van der Waals surface area contributed by atoms with E-state index in [0.29, 0.717) is 50.3 Å². The first-order chi connectivity index (χ1) is 17.5. The standard InChI is InChI=1S/C27H35N5O5/c1-27(2,3)37-26(36)32-16-14-31(15-17-32)24(34)20-10-7-11-21(18-20)29-25(35)30-22(23(28)33)13-12-19-8-5-4-6-9-19/h4-11,18,22H,12-17H2,1-3H3,(H2,28,33)(H2,29,30,35)/t22-/m0/s1. The molecule has 0 aliphatic carbocycles. The molecular formula is C27H35N5O5. The van der Waals surface area contributed by atoms with Crippen LogP contribution in [0.25, 0.3) is 0 Å². The second kappa shape index (κ2) is 12.2. The number of nitrogens with zero attached hydrogens (tertiary/aromatic N) is 2. The maximum Gasteiger partial charge on any atom is 0.410 e. The van der Waals surface area contributed by atoms with Crippen LogP contribution in [-0.2, 0) is 16.0 Å². The molecule has 1 heterocycles. The highest BCUT2D eigenvalue weighted by atomic mass is 16.6. The van der Waals surface area contributed by atoms with Gasteiger partial charge in [0.25, 0.3) is 5.91 Å². The summed E-state index contributed by atoms with van der Waals surface area (Å²) < 4.78 is 5.40. The lowest BCUT2D eigenvalue weighted by molar-refractivity contribution is -0.119. The molecule has 5 amide bonds. The highest BCUT2D eigenvalue weighted by Crippen LogP contribution is 2.16. The van der Waals surface area contributed by atoms with Crippen LogP contribution in [0.5, 0.6) is 0 Å². The van der Waals surface area contributed by atoms with Gasteiger partial charge in [0.2, 0.25) is 5.91 Å². The van der Waals surface area contributed by atoms with Gasteiger partial charge >= 0.3 is 12.1 Å². The number of benzene rings is 2. The smallest absolute Gasteiger partial charge is 0.410 e. The first-order valence-corrected chi connectivity index (χ1v) is 12.3. The molecule has 1 aliphatic heterocycles. The first-order valence-electron chi connectivity index (χ1n) is 12.3. The molecule has 198 valence electrons. The number of nitrogens with two attached hydrogens (primary N) is 1. The van der Waals surface area contributed by atoms with E-state index in [2.05, 4.69) is 10.6 Å². The zero-order valence-electron chi connectivity index (χ0n) is 21.5. The van der Waals surface area contributed by atoms with Crippen LogP contribution in [0.3, 0.4) is 0 Å². The van der Waals surface area contributed by atoms with Crippen molar-refractivity contribution < 1.29 is 23.9 Å². The van der Waals surface area contributed by atoms with Crippen molar-refractivity contribution in [3.63, 3.8) is 0 Å². The summed E-state index contributed by atoms with van der Waals surface area (Å²) in [4.78, 5) is 52.9. The second-order valence-corrected chi connectivity index (χ2v) is 9.92. The number of urea groups is 1. The Morgan fingerprint density at radius 1 is 0.946 bits per heavy atom. The number of hydrogen-bond donors (Lipinski definition) is 3. The Labute approximate surface area is 217 Å². The Kier molecular flexibility index (Phi) is 9.10. The van der Waals surface area contributed by atoms with Crippen LogP contribution in [-0.4, -0.2) is 71.6 Å². The van der Waals surface area contributed by atoms with Crippen molar-refractivity contribution >= 4 is 29.6 Å². The Morgan fingerprint density at radius 3 is 2.22 bits per heavy atom. The number of amides is 5. The third-order valence-electron chi connectivity index (χ3n) is 5.80. The van der Waals surface area contributed by atoms with Crippen LogP contribution in [0, 0.1) is 0 Å². The minimum absolute atomic E-state index is 0.203. The van der Waals surface area contributed by atoms with E-state index in [0.717, 1.165) is 5.56 Å². The molecule has 0 bridgehead atoms. The molecule has 1 aliphatic rings. The molecule has 0 aromatic heterocycles. The van der Waals surface area contributed by atoms with Gasteiger partial charge in [0.1, 0.15) is 11.6 Å². The topological polar surface area (TPSA) is 134 Å². The van der Waals surface area contributed by atoms with Crippen molar-refractivity contribution in [3.8, 4) is 0 Å². The van der Waals surface area contributed by atoms with Crippen LogP contribution < -0.4 is 16.4 Å². The van der Waals surface area contributed by atoms with Gasteiger partial charge in [-0.05, 0) is 57.4 Å². The number of carbonyl (C=O) groups is 4. The van der Waals surface area contributed by atoms with Crippen LogP contribution in [0.2, 0.25) is 0 Å². The summed E-state index contributed by atoms with van der Waals surface area (Å²) in [5, 5.41) is 5.28. The molecule has 0 spiro atoms. The molecule has 10 nitrogen and oxygen atoms in total. The average molecular weight is 510 g/mol. The fraction of sp³-hybridized carbons (Fsp3) is 0.407. The lowest BCUT2D eigenvalue weighted by Crippen LogP contribution is -2.51. The van der Waals surface area contributed by atoms with Gasteiger partial charge in [-0.1, -0.05) is 36.4 Å². The fourth-order valence-electron chi connectivity index (χ4n) is 3.90. The summed E-state index contributed by atoms with van der Waals surface area (Å²) in [7, 11) is 0. The van der Waals surface area contributed by atoms with Crippen molar-refractivity contribution in [1.82, 2.24) is 15.1 Å². The zero-order chi connectivity index (χ0) is 27.0. The highest BCUT2D eigenvalue weighted by molar-refractivity contribution is 5.97. The SMILES string of the molecule is CC(C)(C)OC(=O)N1CCN(C(=O)c2cccc(NC(=O)N[C@@H](CCc3ccccc3)C(N)=O)c2)CC1. The average Bonchev–Trinajstić information content (AvgIpc) is 2.85. The van der Waals surface area contributed by atoms with Crippen LogP contribution in [0.4, 0.5) is 15.3 Å². The molecule has 0 radical (unpaired) electrons. The van der Waals surface area contributed by atoms with Crippen LogP contribution >= 0.6 is 0 Å². The summed E-state index contributed by atoms with van der Waals surface area (Å²) in [6, 6.07) is 14.7. The van der Waals surface area contributed by atoms with Gasteiger partial charge in [0.05, 0.1) is 0 Å². The van der Waals surface area contributed by atoms with Gasteiger partial charge in [-0.2, -0.15) is 0 Å². The van der Waals surface area contributed by atoms with E-state index in [4.69, 9.17) is 10.5 Å². The summed E-state index contributed by atoms with van der Waals surface area (Å²) in [6.45, 7) is 6.92. The largest absolute Gasteiger partial charge is 0.444 e. The Balaban J connectivity index is 1.53. The highest BCUT2D eigenvalue weighted by Gasteiger charge is 2.28. The predicted molar refractivity (Wildman–Crippen MR) is 140 cm³/mol. The van der Waals surface area contributed by atoms with Gasteiger partial charge in [-0.25, -0.2) is 9.59 Å². The molecule has 1 fully saturated rings. The molecular weight excluding hydrogens is 474 g/mol. The molecule has 10 heteroatoms. The number of carbonyl (C=O) groups excluding carboxylic acids is 4. The van der Waals surface area contributed by atoms with Gasteiger partial charge in [0.15, 0.2) is 0 Å². The molecule has 3 rings (SSSR count). The van der Waals surface area contributed by atoms with E-state index in [1.54, 1.807) is 34.1 Å². The third-order valence-corrected chi connectivity index (χ3v) is 5.80. The van der Waals surface area contributed by atoms with Gasteiger partial charge in [-0.3, -0.25) is 9.59 Å². The maximum atomic E-state index is 13.0. The van der Waals surface area contributed by atoms with Crippen LogP contribution in [0.15, 0.2) is 54.6 Å². The monoisotopic (exact) mass is 509 g/mol. The van der Waals surface area contributed by atoms with E-state index in [1.165, 1.54) is 0 Å². The second-order valence-electron chi connectivity index (χ2n) is 9.92. The van der Waals surface area contributed by atoms with Gasteiger partial charge in [0, 0.05) is 37.4 Å². The van der Waals surface area contributed by atoms with Crippen LogP contribution in [0.1, 0.15) is 43.1 Å². The number of nitrogens with one attached hydrogen (secondary N) is 2. The van der Waals surface area contributed by atoms with Crippen molar-refractivity contribution in [1.29, 1.82) is 0 Å². The van der Waals surface area contributed by atoms with Crippen molar-refractivity contribution in [2.24, 2.45) is 5.73 Å². The zero-order valence-corrected chi connectivity index (χ0v) is 21.5. The fourth-order valence-corrected chi connectivity index (χ4v) is 3.90. The molecule has 4 N–H and O–H groups in total. The van der Waals surface area contributed by atoms with Gasteiger partial charge < -0.3 is 30.9 Å². The third kappa shape index (κ3) is 8.52. The Hall–Kier alpha value is -4.08. The number of aryl methyl sites for hydroxylation is 1. The maximum absolute atomic E-state index is 13.0. The first kappa shape index (κ1) is 27.5. The molecule has 0 unspecified atom stereocenters. The van der Waals surface area contributed by atoms with Crippen molar-refractivity contribution in [2.75, 3.05) is 31.5 Å². The summed E-state index contributed by atoms with van der Waals surface area (Å²) in [5.74, 6) is -0.827. The molecule has 37 heavy (non-hydrogen) atoms. The Morgan fingerprint density at radius 2 is 1.59 bits per heavy atom. The van der Waals surface area contributed by atoms with Gasteiger partial charge in [-0.15, -0.1) is 0 Å². The summed E-state index contributed by atoms with van der Waals surface area (Å²) in [5.41, 5.74) is 6.75. The van der Waals surface area contributed by atoms with E-state index in [9.17, 15) is 19.2 Å². The predicted octanol–water partition coefficient (Wildman–Crippen LogP) is 2.99. The van der Waals surface area contributed by atoms with Crippen molar-refractivity contribution in [2.45, 2.75) is 45.3 Å². The molecule has 2 aromatic rings. The van der Waals surface area contributed by atoms with E-state index in [-0.39, 0.29) is 5.91 Å². The molecule has 1 saturated heterocycles. The number of primary amides is 1. The minimum atomic E-state index is -0.841.